The second kappa shape index (κ2) is 6.92. The van der Waals surface area contributed by atoms with Gasteiger partial charge in [0.15, 0.2) is 5.78 Å². The Hall–Kier alpha value is -2.28. The van der Waals surface area contributed by atoms with Gasteiger partial charge in [-0.25, -0.2) is 4.39 Å². The van der Waals surface area contributed by atoms with Gasteiger partial charge in [-0.05, 0) is 35.4 Å². The molecule has 1 N–H and O–H groups in total. The third kappa shape index (κ3) is 3.28. The molecule has 1 aliphatic carbocycles. The zero-order valence-electron chi connectivity index (χ0n) is 13.0. The Morgan fingerprint density at radius 2 is 1.88 bits per heavy atom. The normalized spacial score (nSPS) is 17.0. The van der Waals surface area contributed by atoms with Gasteiger partial charge in [0.25, 0.3) is 0 Å². The SMILES string of the molecule is C#CCC1CC(=O)C(c2c(F)cc(-c3ccc(Cl)cc3)cc2Cl)=C1O. The molecule has 126 valence electrons. The number of rotatable bonds is 3. The van der Waals surface area contributed by atoms with E-state index in [1.807, 2.05) is 0 Å². The topological polar surface area (TPSA) is 37.3 Å². The monoisotopic (exact) mass is 374 g/mol. The predicted octanol–water partition coefficient (Wildman–Crippen LogP) is 5.68. The van der Waals surface area contributed by atoms with Crippen LogP contribution < -0.4 is 0 Å². The van der Waals surface area contributed by atoms with Crippen molar-refractivity contribution in [2.24, 2.45) is 5.92 Å². The van der Waals surface area contributed by atoms with E-state index in [9.17, 15) is 14.3 Å². The maximum atomic E-state index is 14.7. The zero-order valence-corrected chi connectivity index (χ0v) is 14.5. The van der Waals surface area contributed by atoms with Crippen LogP contribution in [0.4, 0.5) is 4.39 Å². The van der Waals surface area contributed by atoms with Gasteiger partial charge in [-0.2, -0.15) is 0 Å². The van der Waals surface area contributed by atoms with Crippen molar-refractivity contribution in [2.45, 2.75) is 12.8 Å². The number of carbonyl (C=O) groups excluding carboxylic acids is 1. The summed E-state index contributed by atoms with van der Waals surface area (Å²) in [6.45, 7) is 0. The molecule has 3 rings (SSSR count). The summed E-state index contributed by atoms with van der Waals surface area (Å²) in [4.78, 5) is 12.2. The zero-order chi connectivity index (χ0) is 18.1. The molecule has 1 atom stereocenters. The van der Waals surface area contributed by atoms with Gasteiger partial charge < -0.3 is 5.11 Å². The highest BCUT2D eigenvalue weighted by Gasteiger charge is 2.35. The van der Waals surface area contributed by atoms with Gasteiger partial charge in [0.2, 0.25) is 0 Å². The number of hydrogen-bond donors (Lipinski definition) is 1. The molecule has 0 saturated heterocycles. The van der Waals surface area contributed by atoms with Crippen LogP contribution in [0.25, 0.3) is 16.7 Å². The van der Waals surface area contributed by atoms with Crippen molar-refractivity contribution in [3.05, 3.63) is 63.6 Å². The summed E-state index contributed by atoms with van der Waals surface area (Å²) < 4.78 is 14.7. The Kier molecular flexibility index (Phi) is 4.85. The molecule has 0 fully saturated rings. The van der Waals surface area contributed by atoms with Crippen LogP contribution in [-0.4, -0.2) is 10.9 Å². The maximum absolute atomic E-state index is 14.7. The van der Waals surface area contributed by atoms with E-state index < -0.39 is 11.7 Å². The molecule has 2 aromatic rings. The summed E-state index contributed by atoms with van der Waals surface area (Å²) in [5.74, 6) is 0.699. The van der Waals surface area contributed by atoms with Crippen molar-refractivity contribution < 1.29 is 14.3 Å². The summed E-state index contributed by atoms with van der Waals surface area (Å²) in [7, 11) is 0. The minimum Gasteiger partial charge on any atom is -0.511 e. The lowest BCUT2D eigenvalue weighted by Gasteiger charge is -2.11. The van der Waals surface area contributed by atoms with E-state index in [1.54, 1.807) is 30.3 Å². The highest BCUT2D eigenvalue weighted by atomic mass is 35.5. The Labute approximate surface area is 154 Å². The van der Waals surface area contributed by atoms with Crippen LogP contribution >= 0.6 is 23.2 Å². The smallest absolute Gasteiger partial charge is 0.167 e. The molecule has 0 saturated carbocycles. The number of hydrogen-bond acceptors (Lipinski definition) is 2. The molecule has 2 nitrogen and oxygen atoms in total. The molecule has 0 amide bonds. The van der Waals surface area contributed by atoms with Crippen LogP contribution in [0.3, 0.4) is 0 Å². The third-order valence-electron chi connectivity index (χ3n) is 4.19. The van der Waals surface area contributed by atoms with Gasteiger partial charge >= 0.3 is 0 Å². The molecule has 2 aromatic carbocycles. The van der Waals surface area contributed by atoms with E-state index in [4.69, 9.17) is 29.6 Å². The number of aliphatic hydroxyl groups is 1. The van der Waals surface area contributed by atoms with Crippen molar-refractivity contribution in [1.29, 1.82) is 0 Å². The molecular formula is C20H13Cl2FO2. The first-order valence-electron chi connectivity index (χ1n) is 7.57. The molecule has 5 heteroatoms. The number of allylic oxidation sites excluding steroid dienone is 2. The number of terminal acetylenes is 1. The summed E-state index contributed by atoms with van der Waals surface area (Å²) >= 11 is 12.1. The average molecular weight is 375 g/mol. The van der Waals surface area contributed by atoms with Gasteiger partial charge in [0, 0.05) is 29.3 Å². The number of benzene rings is 2. The number of ketones is 1. The van der Waals surface area contributed by atoms with E-state index in [0.717, 1.165) is 5.56 Å². The van der Waals surface area contributed by atoms with Crippen LogP contribution in [-0.2, 0) is 4.79 Å². The molecule has 0 radical (unpaired) electrons. The van der Waals surface area contributed by atoms with Crippen LogP contribution in [0, 0.1) is 24.1 Å². The molecule has 0 bridgehead atoms. The summed E-state index contributed by atoms with van der Waals surface area (Å²) in [6, 6.07) is 9.71. The number of Topliss-reactive ketones (excluding diaryl/α,β-unsaturated/α-hetero) is 1. The molecule has 0 spiro atoms. The summed E-state index contributed by atoms with van der Waals surface area (Å²) in [6.07, 6.45) is 5.52. The summed E-state index contributed by atoms with van der Waals surface area (Å²) in [5.41, 5.74) is 1.12. The Morgan fingerprint density at radius 3 is 2.48 bits per heavy atom. The molecular weight excluding hydrogens is 362 g/mol. The van der Waals surface area contributed by atoms with Crippen LogP contribution in [0.15, 0.2) is 42.2 Å². The second-order valence-corrected chi connectivity index (χ2v) is 6.66. The lowest BCUT2D eigenvalue weighted by molar-refractivity contribution is -0.113. The minimum absolute atomic E-state index is 0.0556. The minimum atomic E-state index is -0.672. The van der Waals surface area contributed by atoms with Gasteiger partial charge in [-0.15, -0.1) is 12.3 Å². The van der Waals surface area contributed by atoms with Crippen molar-refractivity contribution in [3.63, 3.8) is 0 Å². The Morgan fingerprint density at radius 1 is 1.20 bits per heavy atom. The van der Waals surface area contributed by atoms with Gasteiger partial charge in [-0.3, -0.25) is 4.79 Å². The van der Waals surface area contributed by atoms with Gasteiger partial charge in [0.1, 0.15) is 11.6 Å². The maximum Gasteiger partial charge on any atom is 0.167 e. The van der Waals surface area contributed by atoms with Gasteiger partial charge in [-0.1, -0.05) is 35.3 Å². The molecule has 0 aliphatic heterocycles. The molecule has 1 unspecified atom stereocenters. The highest BCUT2D eigenvalue weighted by molar-refractivity contribution is 6.36. The van der Waals surface area contributed by atoms with E-state index in [0.29, 0.717) is 10.6 Å². The van der Waals surface area contributed by atoms with Gasteiger partial charge in [0.05, 0.1) is 10.6 Å². The van der Waals surface area contributed by atoms with Crippen LogP contribution in [0.2, 0.25) is 10.0 Å². The molecule has 25 heavy (non-hydrogen) atoms. The highest BCUT2D eigenvalue weighted by Crippen LogP contribution is 2.40. The second-order valence-electron chi connectivity index (χ2n) is 5.81. The summed E-state index contributed by atoms with van der Waals surface area (Å²) in [5, 5.41) is 10.9. The van der Waals surface area contributed by atoms with Crippen molar-refractivity contribution in [3.8, 4) is 23.5 Å². The van der Waals surface area contributed by atoms with Crippen LogP contribution in [0.5, 0.6) is 0 Å². The predicted molar refractivity (Wildman–Crippen MR) is 98.0 cm³/mol. The number of aliphatic hydroxyl groups excluding tert-OH is 1. The van der Waals surface area contributed by atoms with E-state index >= 15 is 0 Å². The molecule has 0 heterocycles. The Bertz CT molecular complexity index is 901. The van der Waals surface area contributed by atoms with Crippen molar-refractivity contribution >= 4 is 34.6 Å². The fraction of sp³-hybridized carbons (Fsp3) is 0.150. The van der Waals surface area contributed by atoms with E-state index in [1.165, 1.54) is 6.07 Å². The van der Waals surface area contributed by atoms with Crippen LogP contribution in [0.1, 0.15) is 18.4 Å². The number of halogens is 3. The molecule has 1 aliphatic rings. The lowest BCUT2D eigenvalue weighted by Crippen LogP contribution is -2.01. The molecule has 0 aromatic heterocycles. The number of carbonyl (C=O) groups is 1. The van der Waals surface area contributed by atoms with Crippen molar-refractivity contribution in [2.75, 3.05) is 0 Å². The lowest BCUT2D eigenvalue weighted by atomic mass is 9.98. The first-order chi connectivity index (χ1) is 11.9. The first kappa shape index (κ1) is 17.5. The van der Waals surface area contributed by atoms with Crippen molar-refractivity contribution in [1.82, 2.24) is 0 Å². The largest absolute Gasteiger partial charge is 0.511 e. The standard InChI is InChI=1S/C20H13Cl2FO2/c1-2-3-12-10-17(24)19(20(12)25)18-15(22)8-13(9-16(18)23)11-4-6-14(21)7-5-11/h1,4-9,12,25H,3,10H2. The fourth-order valence-corrected chi connectivity index (χ4v) is 3.40. The fourth-order valence-electron chi connectivity index (χ4n) is 2.97. The average Bonchev–Trinajstić information content (AvgIpc) is 2.83. The Balaban J connectivity index is 2.09. The quantitative estimate of drug-likeness (QED) is 0.701. The van der Waals surface area contributed by atoms with E-state index in [-0.39, 0.29) is 40.5 Å². The van der Waals surface area contributed by atoms with E-state index in [2.05, 4.69) is 5.92 Å². The first-order valence-corrected chi connectivity index (χ1v) is 8.33. The third-order valence-corrected chi connectivity index (χ3v) is 4.74.